The third kappa shape index (κ3) is 3.38. The zero-order valence-electron chi connectivity index (χ0n) is 10.7. The Morgan fingerprint density at radius 2 is 1.90 bits per heavy atom. The van der Waals surface area contributed by atoms with Gasteiger partial charge < -0.3 is 16.2 Å². The quantitative estimate of drug-likeness (QED) is 0.441. The van der Waals surface area contributed by atoms with Crippen LogP contribution in [0.15, 0.2) is 42.5 Å². The van der Waals surface area contributed by atoms with E-state index in [2.05, 4.69) is 5.32 Å². The number of non-ortho nitro benzene ring substituents is 1. The number of rotatable bonds is 5. The summed E-state index contributed by atoms with van der Waals surface area (Å²) >= 11 is 0. The average Bonchev–Trinajstić information content (AvgIpc) is 2.42. The summed E-state index contributed by atoms with van der Waals surface area (Å²) in [4.78, 5) is 10.1. The van der Waals surface area contributed by atoms with Crippen molar-refractivity contribution in [3.05, 3.63) is 58.1 Å². The number of nitro benzene ring substituents is 1. The number of hydrogen-bond donors (Lipinski definition) is 3. The number of phenols is 1. The van der Waals surface area contributed by atoms with Crippen LogP contribution in [0.1, 0.15) is 5.56 Å². The molecule has 0 aliphatic heterocycles. The van der Waals surface area contributed by atoms with Crippen molar-refractivity contribution in [3.63, 3.8) is 0 Å². The van der Waals surface area contributed by atoms with Gasteiger partial charge in [0.15, 0.2) is 0 Å². The molecule has 0 aliphatic carbocycles. The summed E-state index contributed by atoms with van der Waals surface area (Å²) in [6, 6.07) is 11.3. The summed E-state index contributed by atoms with van der Waals surface area (Å²) in [5.74, 6) is 0.237. The zero-order valence-corrected chi connectivity index (χ0v) is 10.7. The molecule has 104 valence electrons. The van der Waals surface area contributed by atoms with Gasteiger partial charge in [-0.3, -0.25) is 10.1 Å². The second kappa shape index (κ2) is 5.92. The van der Waals surface area contributed by atoms with Gasteiger partial charge >= 0.3 is 0 Å². The van der Waals surface area contributed by atoms with Gasteiger partial charge in [0.1, 0.15) is 5.75 Å². The fraction of sp³-hybridized carbons (Fsp3) is 0.143. The van der Waals surface area contributed by atoms with Crippen molar-refractivity contribution in [1.82, 2.24) is 0 Å². The van der Waals surface area contributed by atoms with Gasteiger partial charge in [-0.15, -0.1) is 0 Å². The number of nitrogens with zero attached hydrogens (tertiary/aromatic N) is 1. The summed E-state index contributed by atoms with van der Waals surface area (Å²) in [5.41, 5.74) is 7.84. The molecule has 0 saturated heterocycles. The second-order valence-electron chi connectivity index (χ2n) is 4.37. The van der Waals surface area contributed by atoms with Gasteiger partial charge in [-0.25, -0.2) is 0 Å². The van der Waals surface area contributed by atoms with E-state index in [1.54, 1.807) is 18.2 Å². The van der Waals surface area contributed by atoms with Gasteiger partial charge in [0, 0.05) is 18.7 Å². The number of nitrogens with two attached hydrogens (primary N) is 1. The number of nitro groups is 1. The van der Waals surface area contributed by atoms with Crippen LogP contribution < -0.4 is 11.1 Å². The Kier molecular flexibility index (Phi) is 4.05. The van der Waals surface area contributed by atoms with Crippen LogP contribution in [0.5, 0.6) is 5.75 Å². The lowest BCUT2D eigenvalue weighted by molar-refractivity contribution is -0.384. The number of anilines is 2. The molecule has 0 aromatic heterocycles. The number of hydrogen-bond acceptors (Lipinski definition) is 5. The second-order valence-corrected chi connectivity index (χ2v) is 4.37. The van der Waals surface area contributed by atoms with Gasteiger partial charge in [-0.05, 0) is 30.2 Å². The van der Waals surface area contributed by atoms with E-state index < -0.39 is 4.92 Å². The van der Waals surface area contributed by atoms with Crippen molar-refractivity contribution in [2.75, 3.05) is 17.6 Å². The molecular weight excluding hydrogens is 258 g/mol. The van der Waals surface area contributed by atoms with E-state index >= 15 is 0 Å². The van der Waals surface area contributed by atoms with Crippen molar-refractivity contribution in [1.29, 1.82) is 0 Å². The Bertz CT molecular complexity index is 612. The first-order valence-electron chi connectivity index (χ1n) is 6.12. The van der Waals surface area contributed by atoms with Crippen LogP contribution in [0.4, 0.5) is 17.1 Å². The maximum Gasteiger partial charge on any atom is 0.271 e. The number of aromatic hydroxyl groups is 1. The van der Waals surface area contributed by atoms with E-state index in [-0.39, 0.29) is 11.4 Å². The minimum absolute atomic E-state index is 0.0217. The van der Waals surface area contributed by atoms with Crippen molar-refractivity contribution < 1.29 is 10.0 Å². The SMILES string of the molecule is Nc1cc([N+](=O)[O-])ccc1NCCc1ccc(O)cc1. The third-order valence-corrected chi connectivity index (χ3v) is 2.91. The van der Waals surface area contributed by atoms with Gasteiger partial charge in [-0.2, -0.15) is 0 Å². The molecule has 0 spiro atoms. The van der Waals surface area contributed by atoms with Crippen LogP contribution in [0, 0.1) is 10.1 Å². The van der Waals surface area contributed by atoms with Crippen LogP contribution in [-0.4, -0.2) is 16.6 Å². The Balaban J connectivity index is 1.94. The molecule has 6 heteroatoms. The molecule has 0 heterocycles. The third-order valence-electron chi connectivity index (χ3n) is 2.91. The molecule has 0 bridgehead atoms. The van der Waals surface area contributed by atoms with Crippen LogP contribution in [0.3, 0.4) is 0 Å². The highest BCUT2D eigenvalue weighted by Crippen LogP contribution is 2.24. The Morgan fingerprint density at radius 1 is 1.20 bits per heavy atom. The molecule has 4 N–H and O–H groups in total. The van der Waals surface area contributed by atoms with E-state index in [4.69, 9.17) is 5.73 Å². The Morgan fingerprint density at radius 3 is 2.50 bits per heavy atom. The maximum absolute atomic E-state index is 10.6. The summed E-state index contributed by atoms with van der Waals surface area (Å²) in [6.07, 6.45) is 0.761. The lowest BCUT2D eigenvalue weighted by Gasteiger charge is -2.09. The first-order chi connectivity index (χ1) is 9.56. The van der Waals surface area contributed by atoms with Crippen molar-refractivity contribution in [2.24, 2.45) is 0 Å². The molecule has 2 aromatic rings. The highest BCUT2D eigenvalue weighted by atomic mass is 16.6. The van der Waals surface area contributed by atoms with E-state index in [0.717, 1.165) is 12.0 Å². The summed E-state index contributed by atoms with van der Waals surface area (Å²) < 4.78 is 0. The van der Waals surface area contributed by atoms with E-state index in [1.807, 2.05) is 12.1 Å². The molecule has 2 aromatic carbocycles. The summed E-state index contributed by atoms with van der Waals surface area (Å²) in [5, 5.41) is 22.9. The molecule has 0 unspecified atom stereocenters. The lowest BCUT2D eigenvalue weighted by atomic mass is 10.1. The first-order valence-corrected chi connectivity index (χ1v) is 6.12. The van der Waals surface area contributed by atoms with E-state index in [9.17, 15) is 15.2 Å². The lowest BCUT2D eigenvalue weighted by Crippen LogP contribution is -2.07. The van der Waals surface area contributed by atoms with Crippen molar-refractivity contribution >= 4 is 17.1 Å². The van der Waals surface area contributed by atoms with E-state index in [1.165, 1.54) is 12.1 Å². The number of nitrogen functional groups attached to an aromatic ring is 1. The molecule has 0 fully saturated rings. The standard InChI is InChI=1S/C14H15N3O3/c15-13-9-11(17(19)20)3-6-14(13)16-8-7-10-1-4-12(18)5-2-10/h1-6,9,16,18H,7-8,15H2. The largest absolute Gasteiger partial charge is 0.508 e. The molecule has 0 amide bonds. The predicted molar refractivity (Wildman–Crippen MR) is 77.8 cm³/mol. The maximum atomic E-state index is 10.6. The molecule has 0 aliphatic rings. The molecular formula is C14H15N3O3. The zero-order chi connectivity index (χ0) is 14.5. The van der Waals surface area contributed by atoms with Gasteiger partial charge in [0.2, 0.25) is 0 Å². The summed E-state index contributed by atoms with van der Waals surface area (Å²) in [6.45, 7) is 0.646. The van der Waals surface area contributed by atoms with Gasteiger partial charge in [0.25, 0.3) is 5.69 Å². The smallest absolute Gasteiger partial charge is 0.271 e. The van der Waals surface area contributed by atoms with Gasteiger partial charge in [0.05, 0.1) is 16.3 Å². The van der Waals surface area contributed by atoms with Crippen LogP contribution in [-0.2, 0) is 6.42 Å². The molecule has 0 radical (unpaired) electrons. The minimum Gasteiger partial charge on any atom is -0.508 e. The minimum atomic E-state index is -0.476. The predicted octanol–water partition coefficient (Wildman–Crippen LogP) is 2.54. The highest BCUT2D eigenvalue weighted by Gasteiger charge is 2.08. The van der Waals surface area contributed by atoms with E-state index in [0.29, 0.717) is 17.9 Å². The van der Waals surface area contributed by atoms with Crippen LogP contribution >= 0.6 is 0 Å². The Hall–Kier alpha value is -2.76. The molecule has 20 heavy (non-hydrogen) atoms. The Labute approximate surface area is 116 Å². The molecule has 2 rings (SSSR count). The first kappa shape index (κ1) is 13.7. The van der Waals surface area contributed by atoms with Crippen LogP contribution in [0.2, 0.25) is 0 Å². The molecule has 0 atom stereocenters. The van der Waals surface area contributed by atoms with Crippen LogP contribution in [0.25, 0.3) is 0 Å². The number of nitrogens with one attached hydrogen (secondary N) is 1. The topological polar surface area (TPSA) is 101 Å². The van der Waals surface area contributed by atoms with Gasteiger partial charge in [-0.1, -0.05) is 12.1 Å². The fourth-order valence-electron chi connectivity index (χ4n) is 1.83. The van der Waals surface area contributed by atoms with Crippen molar-refractivity contribution in [2.45, 2.75) is 6.42 Å². The molecule has 6 nitrogen and oxygen atoms in total. The highest BCUT2D eigenvalue weighted by molar-refractivity contribution is 5.69. The summed E-state index contributed by atoms with van der Waals surface area (Å²) in [7, 11) is 0. The average molecular weight is 273 g/mol. The van der Waals surface area contributed by atoms with Crippen molar-refractivity contribution in [3.8, 4) is 5.75 Å². The number of phenolic OH excluding ortho intramolecular Hbond substituents is 1. The monoisotopic (exact) mass is 273 g/mol. The molecule has 0 saturated carbocycles. The number of benzene rings is 2. The normalized spacial score (nSPS) is 10.2. The fourth-order valence-corrected chi connectivity index (χ4v) is 1.83.